The average molecular weight is 263 g/mol. The minimum absolute atomic E-state index is 0.0483. The molecule has 1 aromatic rings. The van der Waals surface area contributed by atoms with Crippen LogP contribution in [0.1, 0.15) is 46.0 Å². The molecule has 0 aromatic carbocycles. The van der Waals surface area contributed by atoms with Crippen LogP contribution in [-0.2, 0) is 13.0 Å². The van der Waals surface area contributed by atoms with Crippen molar-refractivity contribution in [3.8, 4) is 0 Å². The van der Waals surface area contributed by atoms with Crippen LogP contribution < -0.4 is 5.32 Å². The fourth-order valence-corrected chi connectivity index (χ4v) is 2.10. The minimum atomic E-state index is 0.0483. The van der Waals surface area contributed by atoms with Crippen molar-refractivity contribution in [2.45, 2.75) is 60.0 Å². The van der Waals surface area contributed by atoms with Crippen LogP contribution in [0.4, 0.5) is 0 Å². The molecule has 0 amide bonds. The quantitative estimate of drug-likeness (QED) is 0.798. The number of nitrogens with one attached hydrogen (secondary N) is 1. The lowest BCUT2D eigenvalue weighted by Gasteiger charge is -2.31. The van der Waals surface area contributed by atoms with Gasteiger partial charge < -0.3 is 5.32 Å². The van der Waals surface area contributed by atoms with E-state index in [0.717, 1.165) is 25.2 Å². The third kappa shape index (κ3) is 4.83. The van der Waals surface area contributed by atoms with Crippen LogP contribution in [0.3, 0.4) is 0 Å². The number of nitrogens with zero attached hydrogens (tertiary/aromatic N) is 2. The predicted octanol–water partition coefficient (Wildman–Crippen LogP) is 3.33. The van der Waals surface area contributed by atoms with E-state index in [1.807, 2.05) is 6.92 Å². The number of hydrogen-bond donors (Lipinski definition) is 1. The van der Waals surface area contributed by atoms with E-state index in [1.54, 1.807) is 0 Å². The second-order valence-electron chi connectivity index (χ2n) is 6.73. The fraction of sp³-hybridized carbons (Fsp3) is 0.688. The summed E-state index contributed by atoms with van der Waals surface area (Å²) in [6, 6.07) is 2.18. The van der Waals surface area contributed by atoms with Gasteiger partial charge in [0.2, 0.25) is 0 Å². The molecule has 0 radical (unpaired) electrons. The first-order chi connectivity index (χ1) is 8.69. The minimum Gasteiger partial charge on any atom is -0.311 e. The van der Waals surface area contributed by atoms with Crippen molar-refractivity contribution in [2.24, 2.45) is 5.41 Å². The van der Waals surface area contributed by atoms with Crippen molar-refractivity contribution in [1.29, 1.82) is 0 Å². The van der Waals surface area contributed by atoms with E-state index >= 15 is 0 Å². The molecule has 108 valence electrons. The molecule has 0 aliphatic carbocycles. The zero-order chi connectivity index (χ0) is 14.7. The molecule has 1 unspecified atom stereocenters. The highest BCUT2D eigenvalue weighted by Gasteiger charge is 2.25. The first-order valence-corrected chi connectivity index (χ1v) is 7.11. The van der Waals surface area contributed by atoms with Crippen LogP contribution in [-0.4, -0.2) is 21.9 Å². The summed E-state index contributed by atoms with van der Waals surface area (Å²) < 4.78 is 2.09. The van der Waals surface area contributed by atoms with E-state index in [9.17, 15) is 0 Å². The molecule has 3 heteroatoms. The van der Waals surface area contributed by atoms with Crippen molar-refractivity contribution in [1.82, 2.24) is 15.1 Å². The van der Waals surface area contributed by atoms with Gasteiger partial charge in [-0.1, -0.05) is 13.0 Å². The SMILES string of the molecule is C=CC(C)(CNC(C)(C)C)Cc1cc(C)nn1CC. The lowest BCUT2D eigenvalue weighted by Crippen LogP contribution is -2.43. The molecule has 0 saturated carbocycles. The molecular weight excluding hydrogens is 234 g/mol. The Bertz CT molecular complexity index is 426. The second-order valence-corrected chi connectivity index (χ2v) is 6.73. The zero-order valence-electron chi connectivity index (χ0n) is 13.4. The Morgan fingerprint density at radius 2 is 2.00 bits per heavy atom. The van der Waals surface area contributed by atoms with Crippen LogP contribution in [0.5, 0.6) is 0 Å². The molecule has 1 aromatic heterocycles. The van der Waals surface area contributed by atoms with Gasteiger partial charge in [0, 0.05) is 29.7 Å². The van der Waals surface area contributed by atoms with Gasteiger partial charge in [-0.25, -0.2) is 0 Å². The van der Waals surface area contributed by atoms with Gasteiger partial charge in [0.1, 0.15) is 0 Å². The summed E-state index contributed by atoms with van der Waals surface area (Å²) in [4.78, 5) is 0. The summed E-state index contributed by atoms with van der Waals surface area (Å²) >= 11 is 0. The Hall–Kier alpha value is -1.09. The molecule has 0 spiro atoms. The number of aryl methyl sites for hydroxylation is 2. The van der Waals surface area contributed by atoms with Crippen molar-refractivity contribution >= 4 is 0 Å². The molecule has 0 aliphatic heterocycles. The van der Waals surface area contributed by atoms with E-state index in [4.69, 9.17) is 0 Å². The highest BCUT2D eigenvalue weighted by Crippen LogP contribution is 2.24. The molecule has 0 fully saturated rings. The Kier molecular flexibility index (Phi) is 4.97. The lowest BCUT2D eigenvalue weighted by atomic mass is 9.84. The standard InChI is InChI=1S/C16H29N3/c1-8-16(7,12-17-15(4,5)6)11-14-10-13(3)18-19(14)9-2/h8,10,17H,1,9,11-12H2,2-7H3. The number of rotatable bonds is 6. The first-order valence-electron chi connectivity index (χ1n) is 7.11. The Labute approximate surface area is 118 Å². The molecular formula is C16H29N3. The molecule has 1 rings (SSSR count). The molecule has 1 heterocycles. The molecule has 19 heavy (non-hydrogen) atoms. The zero-order valence-corrected chi connectivity index (χ0v) is 13.4. The summed E-state index contributed by atoms with van der Waals surface area (Å²) in [6.45, 7) is 18.9. The normalized spacial score (nSPS) is 15.3. The first kappa shape index (κ1) is 16.0. The largest absolute Gasteiger partial charge is 0.311 e. The van der Waals surface area contributed by atoms with Crippen LogP contribution >= 0.6 is 0 Å². The summed E-state index contributed by atoms with van der Waals surface area (Å²) in [6.07, 6.45) is 3.03. The topological polar surface area (TPSA) is 29.9 Å². The molecule has 3 nitrogen and oxygen atoms in total. The summed E-state index contributed by atoms with van der Waals surface area (Å²) in [5, 5.41) is 8.10. The number of hydrogen-bond acceptors (Lipinski definition) is 2. The Morgan fingerprint density at radius 1 is 1.37 bits per heavy atom. The van der Waals surface area contributed by atoms with Gasteiger partial charge in [0.15, 0.2) is 0 Å². The van der Waals surface area contributed by atoms with Crippen molar-refractivity contribution in [2.75, 3.05) is 6.54 Å². The van der Waals surface area contributed by atoms with Gasteiger partial charge in [-0.05, 0) is 47.1 Å². The Morgan fingerprint density at radius 3 is 2.47 bits per heavy atom. The Balaban J connectivity index is 2.82. The third-order valence-electron chi connectivity index (χ3n) is 3.39. The van der Waals surface area contributed by atoms with Gasteiger partial charge in [0.05, 0.1) is 5.69 Å². The summed E-state index contributed by atoms with van der Waals surface area (Å²) in [5.74, 6) is 0. The van der Waals surface area contributed by atoms with E-state index in [-0.39, 0.29) is 11.0 Å². The molecule has 1 atom stereocenters. The van der Waals surface area contributed by atoms with Crippen LogP contribution in [0.25, 0.3) is 0 Å². The second kappa shape index (κ2) is 5.91. The van der Waals surface area contributed by atoms with Crippen molar-refractivity contribution in [3.05, 3.63) is 30.1 Å². The molecule has 0 aliphatic rings. The van der Waals surface area contributed by atoms with Gasteiger partial charge in [0.25, 0.3) is 0 Å². The maximum atomic E-state index is 4.52. The maximum Gasteiger partial charge on any atom is 0.0596 e. The van der Waals surface area contributed by atoms with Crippen LogP contribution in [0.15, 0.2) is 18.7 Å². The number of aromatic nitrogens is 2. The van der Waals surface area contributed by atoms with Gasteiger partial charge >= 0.3 is 0 Å². The summed E-state index contributed by atoms with van der Waals surface area (Å²) in [7, 11) is 0. The van der Waals surface area contributed by atoms with Crippen molar-refractivity contribution in [3.63, 3.8) is 0 Å². The lowest BCUT2D eigenvalue weighted by molar-refractivity contribution is 0.317. The summed E-state index contributed by atoms with van der Waals surface area (Å²) in [5.41, 5.74) is 2.56. The molecule has 0 bridgehead atoms. The van der Waals surface area contributed by atoms with Gasteiger partial charge in [-0.15, -0.1) is 6.58 Å². The van der Waals surface area contributed by atoms with Gasteiger partial charge in [-0.2, -0.15) is 5.10 Å². The van der Waals surface area contributed by atoms with Gasteiger partial charge in [-0.3, -0.25) is 4.68 Å². The molecule has 0 saturated heterocycles. The maximum absolute atomic E-state index is 4.52. The molecule has 1 N–H and O–H groups in total. The van der Waals surface area contributed by atoms with Crippen LogP contribution in [0.2, 0.25) is 0 Å². The fourth-order valence-electron chi connectivity index (χ4n) is 2.10. The smallest absolute Gasteiger partial charge is 0.0596 e. The monoisotopic (exact) mass is 263 g/mol. The van der Waals surface area contributed by atoms with E-state index < -0.39 is 0 Å². The van der Waals surface area contributed by atoms with E-state index in [1.165, 1.54) is 5.69 Å². The highest BCUT2D eigenvalue weighted by molar-refractivity contribution is 5.13. The predicted molar refractivity (Wildman–Crippen MR) is 82.4 cm³/mol. The van der Waals surface area contributed by atoms with E-state index in [0.29, 0.717) is 0 Å². The van der Waals surface area contributed by atoms with E-state index in [2.05, 4.69) is 68.4 Å². The highest BCUT2D eigenvalue weighted by atomic mass is 15.3. The van der Waals surface area contributed by atoms with Crippen LogP contribution in [0, 0.1) is 12.3 Å². The van der Waals surface area contributed by atoms with Crippen molar-refractivity contribution < 1.29 is 0 Å². The third-order valence-corrected chi connectivity index (χ3v) is 3.39. The average Bonchev–Trinajstić information content (AvgIpc) is 2.66.